The summed E-state index contributed by atoms with van der Waals surface area (Å²) in [4.78, 5) is 7.19. The number of hydrogen-bond acceptors (Lipinski definition) is 3. The number of nitrogens with one attached hydrogen (secondary N) is 1. The van der Waals surface area contributed by atoms with Crippen molar-refractivity contribution in [3.05, 3.63) is 88.6 Å². The van der Waals surface area contributed by atoms with Gasteiger partial charge in [0.25, 0.3) is 0 Å². The molecule has 1 atom stereocenters. The van der Waals surface area contributed by atoms with Gasteiger partial charge in [-0.15, -0.1) is 0 Å². The van der Waals surface area contributed by atoms with Gasteiger partial charge in [-0.3, -0.25) is 10.3 Å². The van der Waals surface area contributed by atoms with Crippen molar-refractivity contribution < 1.29 is 0 Å². The summed E-state index contributed by atoms with van der Waals surface area (Å²) in [6.45, 7) is 0. The van der Waals surface area contributed by atoms with Crippen molar-refractivity contribution in [1.29, 1.82) is 5.41 Å². The molecule has 3 nitrogen and oxygen atoms in total. The van der Waals surface area contributed by atoms with Crippen LogP contribution < -0.4 is 0 Å². The molecule has 0 radical (unpaired) electrons. The van der Waals surface area contributed by atoms with Gasteiger partial charge in [-0.1, -0.05) is 72.4 Å². The van der Waals surface area contributed by atoms with Crippen molar-refractivity contribution in [2.24, 2.45) is 4.99 Å². The van der Waals surface area contributed by atoms with Gasteiger partial charge in [0, 0.05) is 0 Å². The first-order valence-corrected chi connectivity index (χ1v) is 10.4. The van der Waals surface area contributed by atoms with E-state index >= 15 is 0 Å². The lowest BCUT2D eigenvalue weighted by Gasteiger charge is -2.38. The van der Waals surface area contributed by atoms with E-state index < -0.39 is 0 Å². The summed E-state index contributed by atoms with van der Waals surface area (Å²) in [7, 11) is 0. The molecule has 1 aliphatic carbocycles. The molecule has 0 bridgehead atoms. The number of amidine groups is 2. The van der Waals surface area contributed by atoms with Crippen LogP contribution in [0.4, 0.5) is 0 Å². The topological polar surface area (TPSA) is 39.5 Å². The van der Waals surface area contributed by atoms with E-state index in [2.05, 4.69) is 71.6 Å². The Balaban J connectivity index is 1.66. The first kappa shape index (κ1) is 16.6. The normalized spacial score (nSPS) is 23.3. The minimum Gasteiger partial charge on any atom is -0.297 e. The molecule has 0 spiro atoms. The fourth-order valence-corrected chi connectivity index (χ4v) is 5.11. The zero-order valence-electron chi connectivity index (χ0n) is 15.1. The number of thioether (sulfide) groups is 1. The van der Waals surface area contributed by atoms with Crippen LogP contribution in [-0.2, 0) is 0 Å². The highest BCUT2D eigenvalue weighted by Crippen LogP contribution is 2.47. The molecule has 4 heteroatoms. The second kappa shape index (κ2) is 6.86. The molecule has 1 fully saturated rings. The Labute approximate surface area is 164 Å². The molecule has 2 aromatic rings. The van der Waals surface area contributed by atoms with Crippen LogP contribution in [0.25, 0.3) is 6.08 Å². The van der Waals surface area contributed by atoms with Crippen LogP contribution in [0.15, 0.2) is 82.5 Å². The second-order valence-corrected chi connectivity index (χ2v) is 8.06. The molecule has 1 N–H and O–H groups in total. The summed E-state index contributed by atoms with van der Waals surface area (Å²) in [6.07, 6.45) is 5.54. The molecule has 2 heterocycles. The van der Waals surface area contributed by atoms with E-state index in [4.69, 9.17) is 10.4 Å². The SMILES string of the molecule is N=C1CSC2=NC3=C(CCC/C3=C/c3ccccc3)[C@@H](c3ccccc3)N12. The predicted molar refractivity (Wildman–Crippen MR) is 114 cm³/mol. The van der Waals surface area contributed by atoms with Crippen LogP contribution in [0.3, 0.4) is 0 Å². The maximum Gasteiger partial charge on any atom is 0.171 e. The zero-order valence-corrected chi connectivity index (χ0v) is 15.9. The van der Waals surface area contributed by atoms with E-state index in [0.29, 0.717) is 11.6 Å². The third-order valence-electron chi connectivity index (χ3n) is 5.39. The Morgan fingerprint density at radius 3 is 2.52 bits per heavy atom. The summed E-state index contributed by atoms with van der Waals surface area (Å²) in [5, 5.41) is 9.46. The third-order valence-corrected chi connectivity index (χ3v) is 6.35. The Hall–Kier alpha value is -2.59. The van der Waals surface area contributed by atoms with Gasteiger partial charge in [-0.05, 0) is 47.6 Å². The van der Waals surface area contributed by atoms with Crippen LogP contribution in [0, 0.1) is 5.41 Å². The van der Waals surface area contributed by atoms with Gasteiger partial charge in [0.05, 0.1) is 17.5 Å². The summed E-state index contributed by atoms with van der Waals surface area (Å²) in [5.41, 5.74) is 6.34. The standard InChI is InChI=1S/C23H21N3S/c24-20-15-27-23-25-21-18(14-16-8-3-1-4-9-16)12-7-13-19(21)22(26(20)23)17-10-5-2-6-11-17/h1-6,8-11,14,22,24H,7,12-13,15H2/b18-14-,24-20?/t22-/m1/s1. The molecule has 2 aromatic carbocycles. The summed E-state index contributed by atoms with van der Waals surface area (Å²) in [5.74, 6) is 1.37. The van der Waals surface area contributed by atoms with Gasteiger partial charge in [0.2, 0.25) is 0 Å². The average Bonchev–Trinajstić information content (AvgIpc) is 3.09. The fourth-order valence-electron chi connectivity index (χ4n) is 4.19. The number of fused-ring (bicyclic) bond motifs is 1. The minimum atomic E-state index is 0.107. The molecule has 27 heavy (non-hydrogen) atoms. The van der Waals surface area contributed by atoms with Crippen molar-refractivity contribution in [2.75, 3.05) is 5.75 Å². The second-order valence-electron chi connectivity index (χ2n) is 7.12. The molecule has 2 aliphatic heterocycles. The molecular weight excluding hydrogens is 350 g/mol. The number of nitrogens with zero attached hydrogens (tertiary/aromatic N) is 2. The monoisotopic (exact) mass is 371 g/mol. The summed E-state index contributed by atoms with van der Waals surface area (Å²) < 4.78 is 0. The lowest BCUT2D eigenvalue weighted by atomic mass is 9.83. The molecule has 1 saturated heterocycles. The van der Waals surface area contributed by atoms with Gasteiger partial charge in [0.1, 0.15) is 5.84 Å². The Morgan fingerprint density at radius 1 is 1.00 bits per heavy atom. The quantitative estimate of drug-likeness (QED) is 0.741. The lowest BCUT2D eigenvalue weighted by Crippen LogP contribution is -2.38. The average molecular weight is 372 g/mol. The molecule has 0 saturated carbocycles. The summed E-state index contributed by atoms with van der Waals surface area (Å²) >= 11 is 1.69. The maximum atomic E-state index is 8.48. The molecule has 0 unspecified atom stereocenters. The van der Waals surface area contributed by atoms with Gasteiger partial charge < -0.3 is 0 Å². The largest absolute Gasteiger partial charge is 0.297 e. The number of rotatable bonds is 2. The Bertz CT molecular complexity index is 973. The van der Waals surface area contributed by atoms with E-state index in [1.54, 1.807) is 11.8 Å². The first-order chi connectivity index (χ1) is 13.3. The summed E-state index contributed by atoms with van der Waals surface area (Å²) in [6, 6.07) is 21.2. The van der Waals surface area contributed by atoms with Gasteiger partial charge in [0.15, 0.2) is 5.17 Å². The molecule has 0 aromatic heterocycles. The number of allylic oxidation sites excluding steroid dienone is 1. The van der Waals surface area contributed by atoms with E-state index in [0.717, 1.165) is 30.1 Å². The smallest absolute Gasteiger partial charge is 0.171 e. The van der Waals surface area contributed by atoms with Crippen molar-refractivity contribution in [2.45, 2.75) is 25.3 Å². The Kier molecular flexibility index (Phi) is 4.21. The molecule has 5 rings (SSSR count). The third kappa shape index (κ3) is 2.94. The van der Waals surface area contributed by atoms with E-state index in [1.165, 1.54) is 22.3 Å². The van der Waals surface area contributed by atoms with Gasteiger partial charge >= 0.3 is 0 Å². The van der Waals surface area contributed by atoms with Crippen molar-refractivity contribution in [3.8, 4) is 0 Å². The lowest BCUT2D eigenvalue weighted by molar-refractivity contribution is 0.473. The van der Waals surface area contributed by atoms with E-state index in [-0.39, 0.29) is 6.04 Å². The number of aliphatic imine (C=N–C) groups is 1. The van der Waals surface area contributed by atoms with Crippen LogP contribution in [-0.4, -0.2) is 21.7 Å². The highest BCUT2D eigenvalue weighted by atomic mass is 32.2. The van der Waals surface area contributed by atoms with Crippen LogP contribution in [0.2, 0.25) is 0 Å². The maximum absolute atomic E-state index is 8.48. The number of hydrogen-bond donors (Lipinski definition) is 1. The Morgan fingerprint density at radius 2 is 1.74 bits per heavy atom. The van der Waals surface area contributed by atoms with Gasteiger partial charge in [-0.25, -0.2) is 4.99 Å². The first-order valence-electron chi connectivity index (χ1n) is 9.43. The van der Waals surface area contributed by atoms with Crippen molar-refractivity contribution in [3.63, 3.8) is 0 Å². The highest BCUT2D eigenvalue weighted by Gasteiger charge is 2.40. The molecule has 0 amide bonds. The number of benzene rings is 2. The van der Waals surface area contributed by atoms with Crippen LogP contribution in [0.1, 0.15) is 36.4 Å². The molecular formula is C23H21N3S. The van der Waals surface area contributed by atoms with Crippen molar-refractivity contribution >= 4 is 28.8 Å². The van der Waals surface area contributed by atoms with Crippen molar-refractivity contribution in [1.82, 2.24) is 4.90 Å². The fraction of sp³-hybridized carbons (Fsp3) is 0.217. The van der Waals surface area contributed by atoms with Crippen LogP contribution >= 0.6 is 11.8 Å². The van der Waals surface area contributed by atoms with E-state index in [9.17, 15) is 0 Å². The minimum absolute atomic E-state index is 0.107. The highest BCUT2D eigenvalue weighted by molar-refractivity contribution is 8.15. The molecule has 3 aliphatic rings. The van der Waals surface area contributed by atoms with E-state index in [1.807, 2.05) is 0 Å². The zero-order chi connectivity index (χ0) is 18.2. The predicted octanol–water partition coefficient (Wildman–Crippen LogP) is 5.64. The van der Waals surface area contributed by atoms with Gasteiger partial charge in [-0.2, -0.15) is 0 Å². The van der Waals surface area contributed by atoms with Crippen LogP contribution in [0.5, 0.6) is 0 Å². The molecule has 134 valence electrons.